The molecule has 2 nitrogen and oxygen atoms in total. The van der Waals surface area contributed by atoms with Crippen LogP contribution in [0.25, 0.3) is 20.8 Å². The van der Waals surface area contributed by atoms with Gasteiger partial charge in [-0.15, -0.1) is 11.3 Å². The first-order valence-electron chi connectivity index (χ1n) is 8.03. The molecule has 0 aliphatic carbocycles. The molecule has 0 amide bonds. The molecule has 4 aromatic rings. The molecule has 4 rings (SSSR count). The Bertz CT molecular complexity index is 937. The van der Waals surface area contributed by atoms with Crippen LogP contribution < -0.4 is 5.32 Å². The highest BCUT2D eigenvalue weighted by molar-refractivity contribution is 7.21. The average Bonchev–Trinajstić information content (AvgIpc) is 3.06. The molecule has 0 unspecified atom stereocenters. The standard InChI is InChI=1S/C21H18N2S/c1-15-9-11-16(12-10-15)14-22-18-6-4-5-17(13-18)21-23-19-7-2-3-8-20(19)24-21/h2-13,22H,14H2,1H3. The van der Waals surface area contributed by atoms with Crippen molar-refractivity contribution in [1.82, 2.24) is 4.98 Å². The minimum absolute atomic E-state index is 0.823. The Balaban J connectivity index is 1.55. The summed E-state index contributed by atoms with van der Waals surface area (Å²) in [5.74, 6) is 0. The second kappa shape index (κ2) is 6.46. The molecular formula is C21H18N2S. The smallest absolute Gasteiger partial charge is 0.124 e. The Morgan fingerprint density at radius 3 is 2.58 bits per heavy atom. The molecule has 0 radical (unpaired) electrons. The third kappa shape index (κ3) is 3.17. The van der Waals surface area contributed by atoms with Gasteiger partial charge in [0.25, 0.3) is 0 Å². The summed E-state index contributed by atoms with van der Waals surface area (Å²) in [7, 11) is 0. The fraction of sp³-hybridized carbons (Fsp3) is 0.0952. The van der Waals surface area contributed by atoms with Gasteiger partial charge in [-0.25, -0.2) is 4.98 Å². The number of para-hydroxylation sites is 1. The summed E-state index contributed by atoms with van der Waals surface area (Å²) >= 11 is 1.74. The molecule has 3 aromatic carbocycles. The highest BCUT2D eigenvalue weighted by Gasteiger charge is 2.06. The zero-order valence-electron chi connectivity index (χ0n) is 13.5. The number of benzene rings is 3. The van der Waals surface area contributed by atoms with Crippen LogP contribution in [0, 0.1) is 6.92 Å². The van der Waals surface area contributed by atoms with E-state index in [2.05, 4.69) is 79.0 Å². The van der Waals surface area contributed by atoms with E-state index in [4.69, 9.17) is 4.98 Å². The van der Waals surface area contributed by atoms with Crippen molar-refractivity contribution in [2.45, 2.75) is 13.5 Å². The number of nitrogens with zero attached hydrogens (tertiary/aromatic N) is 1. The van der Waals surface area contributed by atoms with Crippen LogP contribution in [0.15, 0.2) is 72.8 Å². The maximum Gasteiger partial charge on any atom is 0.124 e. The van der Waals surface area contributed by atoms with Gasteiger partial charge in [-0.1, -0.05) is 54.1 Å². The number of aromatic nitrogens is 1. The molecule has 3 heteroatoms. The maximum absolute atomic E-state index is 4.74. The number of hydrogen-bond acceptors (Lipinski definition) is 3. The van der Waals surface area contributed by atoms with Crippen LogP contribution in [-0.2, 0) is 6.54 Å². The maximum atomic E-state index is 4.74. The number of anilines is 1. The van der Waals surface area contributed by atoms with Crippen LogP contribution in [-0.4, -0.2) is 4.98 Å². The number of rotatable bonds is 4. The van der Waals surface area contributed by atoms with Gasteiger partial charge in [-0.2, -0.15) is 0 Å². The number of hydrogen-bond donors (Lipinski definition) is 1. The lowest BCUT2D eigenvalue weighted by atomic mass is 10.1. The quantitative estimate of drug-likeness (QED) is 0.505. The van der Waals surface area contributed by atoms with Gasteiger partial charge in [-0.3, -0.25) is 0 Å². The zero-order valence-corrected chi connectivity index (χ0v) is 14.3. The molecule has 0 aliphatic rings. The molecule has 1 heterocycles. The summed E-state index contributed by atoms with van der Waals surface area (Å²) in [5, 5.41) is 4.57. The van der Waals surface area contributed by atoms with Crippen LogP contribution in [0.1, 0.15) is 11.1 Å². The van der Waals surface area contributed by atoms with Crippen molar-refractivity contribution < 1.29 is 0 Å². The summed E-state index contributed by atoms with van der Waals surface area (Å²) in [6.07, 6.45) is 0. The second-order valence-corrected chi connectivity index (χ2v) is 6.94. The van der Waals surface area contributed by atoms with E-state index in [9.17, 15) is 0 Å². The fourth-order valence-electron chi connectivity index (χ4n) is 2.67. The SMILES string of the molecule is Cc1ccc(CNc2cccc(-c3nc4ccccc4s3)c2)cc1. The molecule has 1 N–H and O–H groups in total. The van der Waals surface area contributed by atoms with Gasteiger partial charge < -0.3 is 5.32 Å². The van der Waals surface area contributed by atoms with Crippen LogP contribution in [0.5, 0.6) is 0 Å². The van der Waals surface area contributed by atoms with Gasteiger partial charge in [0.2, 0.25) is 0 Å². The van der Waals surface area contributed by atoms with Crippen molar-refractivity contribution in [1.29, 1.82) is 0 Å². The topological polar surface area (TPSA) is 24.9 Å². The highest BCUT2D eigenvalue weighted by Crippen LogP contribution is 2.31. The van der Waals surface area contributed by atoms with Crippen molar-refractivity contribution in [2.75, 3.05) is 5.32 Å². The third-order valence-corrected chi connectivity index (χ3v) is 5.11. The fourth-order valence-corrected chi connectivity index (χ4v) is 3.63. The average molecular weight is 330 g/mol. The van der Waals surface area contributed by atoms with E-state index in [1.807, 2.05) is 6.07 Å². The summed E-state index contributed by atoms with van der Waals surface area (Å²) in [6.45, 7) is 2.93. The Labute approximate surface area is 145 Å². The monoisotopic (exact) mass is 330 g/mol. The summed E-state index contributed by atoms with van der Waals surface area (Å²) < 4.78 is 1.23. The first-order chi connectivity index (χ1) is 11.8. The van der Waals surface area contributed by atoms with Gasteiger partial charge in [-0.05, 0) is 36.8 Å². The molecule has 0 saturated heterocycles. The zero-order chi connectivity index (χ0) is 16.4. The van der Waals surface area contributed by atoms with Crippen LogP contribution >= 0.6 is 11.3 Å². The second-order valence-electron chi connectivity index (χ2n) is 5.91. The first kappa shape index (κ1) is 14.9. The van der Waals surface area contributed by atoms with Crippen molar-refractivity contribution >= 4 is 27.2 Å². The molecule has 0 fully saturated rings. The molecule has 1 aromatic heterocycles. The Hall–Kier alpha value is -2.65. The van der Waals surface area contributed by atoms with Gasteiger partial charge in [0.1, 0.15) is 5.01 Å². The van der Waals surface area contributed by atoms with Crippen molar-refractivity contribution in [3.63, 3.8) is 0 Å². The molecule has 0 aliphatic heterocycles. The van der Waals surface area contributed by atoms with Gasteiger partial charge in [0.05, 0.1) is 10.2 Å². The van der Waals surface area contributed by atoms with Gasteiger partial charge >= 0.3 is 0 Å². The lowest BCUT2D eigenvalue weighted by molar-refractivity contribution is 1.14. The Morgan fingerprint density at radius 1 is 0.917 bits per heavy atom. The predicted octanol–water partition coefficient (Wildman–Crippen LogP) is 5.88. The molecule has 24 heavy (non-hydrogen) atoms. The molecule has 0 atom stereocenters. The summed E-state index contributed by atoms with van der Waals surface area (Å²) in [6, 6.07) is 25.4. The van der Waals surface area contributed by atoms with Gasteiger partial charge in [0, 0.05) is 17.8 Å². The highest BCUT2D eigenvalue weighted by atomic mass is 32.1. The number of aryl methyl sites for hydroxylation is 1. The minimum atomic E-state index is 0.823. The van der Waals surface area contributed by atoms with Crippen molar-refractivity contribution in [3.05, 3.63) is 83.9 Å². The molecule has 0 saturated carbocycles. The van der Waals surface area contributed by atoms with E-state index >= 15 is 0 Å². The normalized spacial score (nSPS) is 10.9. The van der Waals surface area contributed by atoms with Crippen LogP contribution in [0.4, 0.5) is 5.69 Å². The van der Waals surface area contributed by atoms with E-state index in [-0.39, 0.29) is 0 Å². The lowest BCUT2D eigenvalue weighted by Gasteiger charge is -2.08. The third-order valence-electron chi connectivity index (χ3n) is 4.02. The summed E-state index contributed by atoms with van der Waals surface area (Å²) in [4.78, 5) is 4.74. The number of fused-ring (bicyclic) bond motifs is 1. The number of nitrogens with one attached hydrogen (secondary N) is 1. The summed E-state index contributed by atoms with van der Waals surface area (Å²) in [5.41, 5.74) is 5.91. The van der Waals surface area contributed by atoms with E-state index in [1.165, 1.54) is 15.8 Å². The van der Waals surface area contributed by atoms with Gasteiger partial charge in [0.15, 0.2) is 0 Å². The predicted molar refractivity (Wildman–Crippen MR) is 104 cm³/mol. The largest absolute Gasteiger partial charge is 0.381 e. The van der Waals surface area contributed by atoms with Crippen LogP contribution in [0.2, 0.25) is 0 Å². The first-order valence-corrected chi connectivity index (χ1v) is 8.85. The molecule has 118 valence electrons. The van der Waals surface area contributed by atoms with Crippen molar-refractivity contribution in [3.8, 4) is 10.6 Å². The lowest BCUT2D eigenvalue weighted by Crippen LogP contribution is -1.99. The number of thiazole rings is 1. The minimum Gasteiger partial charge on any atom is -0.381 e. The molecule has 0 spiro atoms. The Morgan fingerprint density at radius 2 is 1.75 bits per heavy atom. The molecule has 0 bridgehead atoms. The Kier molecular flexibility index (Phi) is 4.01. The van der Waals surface area contributed by atoms with E-state index in [0.29, 0.717) is 0 Å². The van der Waals surface area contributed by atoms with E-state index < -0.39 is 0 Å². The molecular weight excluding hydrogens is 312 g/mol. The van der Waals surface area contributed by atoms with E-state index in [0.717, 1.165) is 28.3 Å². The van der Waals surface area contributed by atoms with Crippen molar-refractivity contribution in [2.24, 2.45) is 0 Å². The van der Waals surface area contributed by atoms with E-state index in [1.54, 1.807) is 11.3 Å². The van der Waals surface area contributed by atoms with Crippen LogP contribution in [0.3, 0.4) is 0 Å².